The molecule has 1 amide bonds. The molecule has 2 bridgehead atoms. The van der Waals surface area contributed by atoms with E-state index >= 15 is 0 Å². The molecule has 3 nitrogen and oxygen atoms in total. The maximum atomic E-state index is 11.9. The molecule has 1 aromatic carbocycles. The molecule has 84 valence electrons. The maximum absolute atomic E-state index is 11.9. The molecule has 2 fully saturated rings. The maximum Gasteiger partial charge on any atom is 0.252 e. The molecule has 4 heteroatoms. The van der Waals surface area contributed by atoms with Crippen LogP contribution in [-0.2, 0) is 16.1 Å². The van der Waals surface area contributed by atoms with Crippen molar-refractivity contribution in [3.05, 3.63) is 34.3 Å². The molecular formula is C12H12BrNO2. The Hall–Kier alpha value is -0.870. The number of benzene rings is 1. The molecule has 2 saturated heterocycles. The van der Waals surface area contributed by atoms with Crippen molar-refractivity contribution in [3.8, 4) is 0 Å². The zero-order valence-electron chi connectivity index (χ0n) is 8.73. The van der Waals surface area contributed by atoms with Gasteiger partial charge in [0.05, 0.1) is 12.6 Å². The summed E-state index contributed by atoms with van der Waals surface area (Å²) in [4.78, 5) is 13.8. The third-order valence-corrected chi connectivity index (χ3v) is 4.05. The monoisotopic (exact) mass is 281 g/mol. The van der Waals surface area contributed by atoms with Gasteiger partial charge in [0.15, 0.2) is 0 Å². The minimum absolute atomic E-state index is 0.145. The highest BCUT2D eigenvalue weighted by Gasteiger charge is 2.45. The molecule has 2 heterocycles. The minimum atomic E-state index is -0.174. The van der Waals surface area contributed by atoms with Gasteiger partial charge in [0.1, 0.15) is 6.10 Å². The zero-order chi connectivity index (χ0) is 11.1. The van der Waals surface area contributed by atoms with Crippen molar-refractivity contribution < 1.29 is 9.53 Å². The molecule has 0 aliphatic carbocycles. The second-order valence-corrected chi connectivity index (χ2v) is 5.12. The van der Waals surface area contributed by atoms with Gasteiger partial charge in [-0.25, -0.2) is 0 Å². The number of morpholine rings is 1. The topological polar surface area (TPSA) is 29.5 Å². The number of ether oxygens (including phenoxy) is 1. The summed E-state index contributed by atoms with van der Waals surface area (Å²) in [6.45, 7) is 1.38. The van der Waals surface area contributed by atoms with Crippen molar-refractivity contribution in [2.45, 2.75) is 25.1 Å². The standard InChI is InChI=1S/C12H12BrNO2/c13-10-4-2-1-3-8(10)6-14-9-5-11(12(14)15)16-7-9/h1-4,9,11H,5-7H2. The zero-order valence-corrected chi connectivity index (χ0v) is 10.3. The fourth-order valence-corrected chi connectivity index (χ4v) is 2.79. The van der Waals surface area contributed by atoms with Crippen LogP contribution in [0.4, 0.5) is 0 Å². The molecule has 0 aromatic heterocycles. The van der Waals surface area contributed by atoms with Crippen molar-refractivity contribution >= 4 is 21.8 Å². The van der Waals surface area contributed by atoms with Gasteiger partial charge in [-0.05, 0) is 11.6 Å². The fourth-order valence-electron chi connectivity index (χ4n) is 2.38. The number of rotatable bonds is 2. The number of hydrogen-bond donors (Lipinski definition) is 0. The molecular weight excluding hydrogens is 270 g/mol. The third-order valence-electron chi connectivity index (χ3n) is 3.27. The molecule has 2 aliphatic rings. The summed E-state index contributed by atoms with van der Waals surface area (Å²) in [5, 5.41) is 0. The Labute approximate surface area is 103 Å². The molecule has 1 aromatic rings. The van der Waals surface area contributed by atoms with Crippen molar-refractivity contribution in [3.63, 3.8) is 0 Å². The van der Waals surface area contributed by atoms with E-state index in [1.807, 2.05) is 29.2 Å². The SMILES string of the molecule is O=C1C2CC(CO2)N1Cc1ccccc1Br. The Balaban J connectivity index is 1.81. The fraction of sp³-hybridized carbons (Fsp3) is 0.417. The predicted molar refractivity (Wildman–Crippen MR) is 62.8 cm³/mol. The summed E-state index contributed by atoms with van der Waals surface area (Å²) in [5.74, 6) is 0.145. The van der Waals surface area contributed by atoms with Gasteiger partial charge in [-0.3, -0.25) is 4.79 Å². The molecule has 16 heavy (non-hydrogen) atoms. The number of hydrogen-bond acceptors (Lipinski definition) is 2. The van der Waals surface area contributed by atoms with Crippen LogP contribution in [0.3, 0.4) is 0 Å². The molecule has 3 rings (SSSR count). The Morgan fingerprint density at radius 2 is 2.25 bits per heavy atom. The normalized spacial score (nSPS) is 27.8. The second-order valence-electron chi connectivity index (χ2n) is 4.27. The van der Waals surface area contributed by atoms with Crippen LogP contribution < -0.4 is 0 Å². The van der Waals surface area contributed by atoms with E-state index in [1.54, 1.807) is 0 Å². The highest BCUT2D eigenvalue weighted by molar-refractivity contribution is 9.10. The molecule has 0 spiro atoms. The number of carbonyl (C=O) groups is 1. The van der Waals surface area contributed by atoms with Gasteiger partial charge >= 0.3 is 0 Å². The van der Waals surface area contributed by atoms with Crippen LogP contribution in [0.5, 0.6) is 0 Å². The minimum Gasteiger partial charge on any atom is -0.366 e. The van der Waals surface area contributed by atoms with Gasteiger partial charge in [-0.1, -0.05) is 34.1 Å². The van der Waals surface area contributed by atoms with Crippen molar-refractivity contribution in [1.29, 1.82) is 0 Å². The summed E-state index contributed by atoms with van der Waals surface area (Å²) in [6.07, 6.45) is 0.691. The number of nitrogens with zero attached hydrogens (tertiary/aromatic N) is 1. The van der Waals surface area contributed by atoms with Crippen molar-refractivity contribution in [1.82, 2.24) is 4.90 Å². The molecule has 2 unspecified atom stereocenters. The largest absolute Gasteiger partial charge is 0.366 e. The van der Waals surface area contributed by atoms with E-state index < -0.39 is 0 Å². The van der Waals surface area contributed by atoms with E-state index in [1.165, 1.54) is 0 Å². The highest BCUT2D eigenvalue weighted by atomic mass is 79.9. The van der Waals surface area contributed by atoms with Gasteiger partial charge in [0.2, 0.25) is 0 Å². The van der Waals surface area contributed by atoms with E-state index in [0.29, 0.717) is 13.2 Å². The quantitative estimate of drug-likeness (QED) is 0.829. The van der Waals surface area contributed by atoms with Crippen LogP contribution in [-0.4, -0.2) is 29.6 Å². The number of fused-ring (bicyclic) bond motifs is 2. The Kier molecular flexibility index (Phi) is 2.48. The average Bonchev–Trinajstić information content (AvgIpc) is 2.85. The molecule has 2 atom stereocenters. The summed E-state index contributed by atoms with van der Waals surface area (Å²) < 4.78 is 6.42. The average molecular weight is 282 g/mol. The van der Waals surface area contributed by atoms with E-state index in [2.05, 4.69) is 15.9 Å². The second kappa shape index (κ2) is 3.86. The summed E-state index contributed by atoms with van der Waals surface area (Å²) in [5.41, 5.74) is 1.16. The van der Waals surface area contributed by atoms with Crippen LogP contribution in [0, 0.1) is 0 Å². The van der Waals surface area contributed by atoms with Crippen LogP contribution in [0.25, 0.3) is 0 Å². The van der Waals surface area contributed by atoms with Crippen LogP contribution in [0.15, 0.2) is 28.7 Å². The number of carbonyl (C=O) groups excluding carboxylic acids is 1. The molecule has 0 radical (unpaired) electrons. The van der Waals surface area contributed by atoms with Crippen LogP contribution in [0.1, 0.15) is 12.0 Å². The van der Waals surface area contributed by atoms with Gasteiger partial charge in [0.25, 0.3) is 5.91 Å². The predicted octanol–water partition coefficient (Wildman–Crippen LogP) is 1.95. The Morgan fingerprint density at radius 3 is 2.94 bits per heavy atom. The Bertz CT molecular complexity index is 435. The number of amides is 1. The highest BCUT2D eigenvalue weighted by Crippen LogP contribution is 2.31. The van der Waals surface area contributed by atoms with Crippen LogP contribution >= 0.6 is 15.9 Å². The first-order chi connectivity index (χ1) is 7.75. The van der Waals surface area contributed by atoms with E-state index in [-0.39, 0.29) is 18.1 Å². The third kappa shape index (κ3) is 1.57. The summed E-state index contributed by atoms with van der Waals surface area (Å²) in [6, 6.07) is 8.31. The first-order valence-electron chi connectivity index (χ1n) is 5.41. The number of halogens is 1. The summed E-state index contributed by atoms with van der Waals surface area (Å²) >= 11 is 3.51. The Morgan fingerprint density at radius 1 is 1.44 bits per heavy atom. The lowest BCUT2D eigenvalue weighted by molar-refractivity contribution is -0.144. The molecule has 0 saturated carbocycles. The van der Waals surface area contributed by atoms with E-state index in [4.69, 9.17) is 4.74 Å². The van der Waals surface area contributed by atoms with Gasteiger partial charge in [-0.2, -0.15) is 0 Å². The van der Waals surface area contributed by atoms with E-state index in [0.717, 1.165) is 16.5 Å². The van der Waals surface area contributed by atoms with Gasteiger partial charge in [0, 0.05) is 17.4 Å². The first kappa shape index (κ1) is 10.3. The van der Waals surface area contributed by atoms with Crippen molar-refractivity contribution in [2.24, 2.45) is 0 Å². The summed E-state index contributed by atoms with van der Waals surface area (Å²) in [7, 11) is 0. The van der Waals surface area contributed by atoms with Crippen LogP contribution in [0.2, 0.25) is 0 Å². The van der Waals surface area contributed by atoms with E-state index in [9.17, 15) is 4.79 Å². The molecule has 2 aliphatic heterocycles. The number of likely N-dealkylation sites (tertiary alicyclic amines) is 1. The first-order valence-corrected chi connectivity index (χ1v) is 6.20. The lowest BCUT2D eigenvalue weighted by Crippen LogP contribution is -2.41. The van der Waals surface area contributed by atoms with Crippen molar-refractivity contribution in [2.75, 3.05) is 6.61 Å². The van der Waals surface area contributed by atoms with Gasteiger partial charge in [-0.15, -0.1) is 0 Å². The van der Waals surface area contributed by atoms with Gasteiger partial charge < -0.3 is 9.64 Å². The lowest BCUT2D eigenvalue weighted by Gasteiger charge is -2.27. The smallest absolute Gasteiger partial charge is 0.252 e. The molecule has 0 N–H and O–H groups in total. The lowest BCUT2D eigenvalue weighted by atomic mass is 10.2.